The minimum Gasteiger partial charge on any atom is -0.478 e. The molecule has 0 saturated heterocycles. The summed E-state index contributed by atoms with van der Waals surface area (Å²) in [5, 5.41) is 17.8. The van der Waals surface area contributed by atoms with Crippen LogP contribution < -0.4 is 5.56 Å². The average Bonchev–Trinajstić information content (AvgIpc) is 2.51. The Kier molecular flexibility index (Phi) is 2.24. The number of hydrogen-bond donors (Lipinski definition) is 2. The molecule has 7 nitrogen and oxygen atoms in total. The Labute approximate surface area is 94.1 Å². The van der Waals surface area contributed by atoms with Crippen molar-refractivity contribution >= 4 is 23.0 Å². The van der Waals surface area contributed by atoms with Gasteiger partial charge in [-0.3, -0.25) is 4.79 Å². The van der Waals surface area contributed by atoms with Crippen molar-refractivity contribution in [2.45, 2.75) is 0 Å². The van der Waals surface area contributed by atoms with Gasteiger partial charge in [0.1, 0.15) is 0 Å². The molecule has 0 spiro atoms. The molecular weight excluding hydrogens is 228 g/mol. The summed E-state index contributed by atoms with van der Waals surface area (Å²) in [6.45, 7) is 0. The molecule has 0 aliphatic carbocycles. The Bertz CT molecular complexity index is 695. The first-order valence-electron chi connectivity index (χ1n) is 4.62. The van der Waals surface area contributed by atoms with E-state index < -0.39 is 17.6 Å². The lowest BCUT2D eigenvalue weighted by Crippen LogP contribution is -2.23. The molecule has 1 aromatic heterocycles. The molecule has 2 rings (SSSR count). The van der Waals surface area contributed by atoms with E-state index in [1.165, 1.54) is 25.2 Å². The maximum Gasteiger partial charge on any atom is 0.431 e. The van der Waals surface area contributed by atoms with Crippen LogP contribution in [0.3, 0.4) is 0 Å². The fraction of sp³-hybridized carbons (Fsp3) is 0.100. The van der Waals surface area contributed by atoms with Gasteiger partial charge in [-0.15, -0.1) is 0 Å². The molecular formula is C10H8N2O5. The van der Waals surface area contributed by atoms with Crippen LogP contribution in [0.2, 0.25) is 0 Å². The first-order chi connectivity index (χ1) is 7.93. The molecule has 88 valence electrons. The van der Waals surface area contributed by atoms with Gasteiger partial charge in [-0.05, 0) is 18.2 Å². The van der Waals surface area contributed by atoms with Crippen LogP contribution in [0.5, 0.6) is 0 Å². The van der Waals surface area contributed by atoms with E-state index in [4.69, 9.17) is 10.2 Å². The molecule has 0 aliphatic rings. The molecule has 0 unspecified atom stereocenters. The summed E-state index contributed by atoms with van der Waals surface area (Å²) < 4.78 is 1.68. The molecule has 0 radical (unpaired) electrons. The largest absolute Gasteiger partial charge is 0.478 e. The number of nitrogens with zero attached hydrogens (tertiary/aromatic N) is 2. The highest BCUT2D eigenvalue weighted by Gasteiger charge is 2.16. The van der Waals surface area contributed by atoms with Gasteiger partial charge in [0.2, 0.25) is 0 Å². The van der Waals surface area contributed by atoms with Gasteiger partial charge in [-0.2, -0.15) is 4.68 Å². The zero-order valence-electron chi connectivity index (χ0n) is 8.75. The Balaban J connectivity index is 2.90. The molecule has 1 aromatic carbocycles. The van der Waals surface area contributed by atoms with E-state index in [0.29, 0.717) is 0 Å². The van der Waals surface area contributed by atoms with Gasteiger partial charge in [0.05, 0.1) is 16.5 Å². The second-order valence-electron chi connectivity index (χ2n) is 3.46. The van der Waals surface area contributed by atoms with Crippen LogP contribution in [0.25, 0.3) is 10.9 Å². The molecule has 0 atom stereocenters. The highest BCUT2D eigenvalue weighted by molar-refractivity contribution is 5.95. The lowest BCUT2D eigenvalue weighted by atomic mass is 10.1. The molecule has 7 heteroatoms. The van der Waals surface area contributed by atoms with Crippen molar-refractivity contribution in [1.29, 1.82) is 0 Å². The van der Waals surface area contributed by atoms with Crippen LogP contribution in [0.1, 0.15) is 10.4 Å². The minimum absolute atomic E-state index is 0.0576. The van der Waals surface area contributed by atoms with Crippen molar-refractivity contribution in [3.05, 3.63) is 34.1 Å². The van der Waals surface area contributed by atoms with Gasteiger partial charge < -0.3 is 10.2 Å². The van der Waals surface area contributed by atoms with Crippen LogP contribution in [0, 0.1) is 0 Å². The standard InChI is InChI=1S/C10H8N2O5/c1-11-8(13)6-4-5(9(14)15)2-3-7(6)12(11)10(16)17/h2-4H,1H3,(H,14,15)(H,16,17). The van der Waals surface area contributed by atoms with Crippen molar-refractivity contribution in [3.63, 3.8) is 0 Å². The summed E-state index contributed by atoms with van der Waals surface area (Å²) in [5.74, 6) is -1.17. The molecule has 17 heavy (non-hydrogen) atoms. The number of carboxylic acids is 1. The number of hydrogen-bond acceptors (Lipinski definition) is 3. The highest BCUT2D eigenvalue weighted by atomic mass is 16.4. The van der Waals surface area contributed by atoms with Crippen molar-refractivity contribution in [3.8, 4) is 0 Å². The number of aromatic carboxylic acids is 1. The lowest BCUT2D eigenvalue weighted by Gasteiger charge is -2.01. The zero-order chi connectivity index (χ0) is 12.7. The van der Waals surface area contributed by atoms with Gasteiger partial charge in [0.25, 0.3) is 5.56 Å². The normalized spacial score (nSPS) is 10.6. The van der Waals surface area contributed by atoms with Crippen molar-refractivity contribution in [1.82, 2.24) is 9.36 Å². The summed E-state index contributed by atoms with van der Waals surface area (Å²) in [6, 6.07) is 3.72. The smallest absolute Gasteiger partial charge is 0.431 e. The summed E-state index contributed by atoms with van der Waals surface area (Å²) >= 11 is 0. The van der Waals surface area contributed by atoms with E-state index in [-0.39, 0.29) is 16.5 Å². The van der Waals surface area contributed by atoms with Gasteiger partial charge in [-0.25, -0.2) is 14.3 Å². The topological polar surface area (TPSA) is 102 Å². The first kappa shape index (κ1) is 10.9. The quantitative estimate of drug-likeness (QED) is 0.753. The van der Waals surface area contributed by atoms with Gasteiger partial charge in [-0.1, -0.05) is 0 Å². The summed E-state index contributed by atoms with van der Waals surface area (Å²) in [4.78, 5) is 33.4. The van der Waals surface area contributed by atoms with Crippen LogP contribution in [0.4, 0.5) is 4.79 Å². The van der Waals surface area contributed by atoms with Gasteiger partial charge in [0.15, 0.2) is 0 Å². The molecule has 1 heterocycles. The van der Waals surface area contributed by atoms with E-state index in [2.05, 4.69) is 0 Å². The molecule has 2 aromatic rings. The van der Waals surface area contributed by atoms with Crippen molar-refractivity contribution in [2.24, 2.45) is 7.05 Å². The van der Waals surface area contributed by atoms with E-state index in [0.717, 1.165) is 9.36 Å². The van der Waals surface area contributed by atoms with Crippen LogP contribution in [-0.4, -0.2) is 31.6 Å². The van der Waals surface area contributed by atoms with Gasteiger partial charge >= 0.3 is 12.1 Å². The summed E-state index contributed by atoms with van der Waals surface area (Å²) in [6.07, 6.45) is -1.30. The summed E-state index contributed by atoms with van der Waals surface area (Å²) in [5.41, 5.74) is -0.446. The maximum atomic E-state index is 11.7. The number of rotatable bonds is 1. The third kappa shape index (κ3) is 1.48. The summed E-state index contributed by atoms with van der Waals surface area (Å²) in [7, 11) is 1.30. The lowest BCUT2D eigenvalue weighted by molar-refractivity contribution is 0.0697. The number of fused-ring (bicyclic) bond motifs is 1. The average molecular weight is 236 g/mol. The van der Waals surface area contributed by atoms with Gasteiger partial charge in [0, 0.05) is 7.05 Å². The molecule has 0 amide bonds. The minimum atomic E-state index is -1.30. The number of carboxylic acid groups (broad SMARTS) is 2. The van der Waals surface area contributed by atoms with E-state index in [1.807, 2.05) is 0 Å². The predicted molar refractivity (Wildman–Crippen MR) is 57.6 cm³/mol. The Morgan fingerprint density at radius 2 is 1.88 bits per heavy atom. The van der Waals surface area contributed by atoms with Crippen molar-refractivity contribution < 1.29 is 19.8 Å². The molecule has 0 bridgehead atoms. The van der Waals surface area contributed by atoms with Crippen LogP contribution in [0.15, 0.2) is 23.0 Å². The Hall–Kier alpha value is -2.57. The fourth-order valence-electron chi connectivity index (χ4n) is 1.68. The maximum absolute atomic E-state index is 11.7. The Morgan fingerprint density at radius 3 is 2.41 bits per heavy atom. The second-order valence-corrected chi connectivity index (χ2v) is 3.46. The molecule has 0 saturated carbocycles. The predicted octanol–water partition coefficient (Wildman–Crippen LogP) is 0.564. The second kappa shape index (κ2) is 3.48. The zero-order valence-corrected chi connectivity index (χ0v) is 8.75. The van der Waals surface area contributed by atoms with E-state index in [9.17, 15) is 14.4 Å². The third-order valence-corrected chi connectivity index (χ3v) is 2.48. The van der Waals surface area contributed by atoms with E-state index in [1.54, 1.807) is 0 Å². The third-order valence-electron chi connectivity index (χ3n) is 2.48. The number of aromatic nitrogens is 2. The molecule has 0 aliphatic heterocycles. The number of carbonyl (C=O) groups is 2. The SMILES string of the molecule is Cn1c(=O)c2cc(C(=O)O)ccc2n1C(=O)O. The first-order valence-corrected chi connectivity index (χ1v) is 4.62. The molecule has 0 fully saturated rings. The monoisotopic (exact) mass is 236 g/mol. The van der Waals surface area contributed by atoms with Crippen LogP contribution in [-0.2, 0) is 7.05 Å². The fourth-order valence-corrected chi connectivity index (χ4v) is 1.68. The highest BCUT2D eigenvalue weighted by Crippen LogP contribution is 2.13. The molecule has 2 N–H and O–H groups in total. The Morgan fingerprint density at radius 1 is 1.24 bits per heavy atom. The van der Waals surface area contributed by atoms with Crippen LogP contribution >= 0.6 is 0 Å². The number of benzene rings is 1. The van der Waals surface area contributed by atoms with E-state index >= 15 is 0 Å². The van der Waals surface area contributed by atoms with Crippen molar-refractivity contribution in [2.75, 3.05) is 0 Å².